The van der Waals surface area contributed by atoms with E-state index in [1.807, 2.05) is 6.92 Å². The van der Waals surface area contributed by atoms with Gasteiger partial charge < -0.3 is 10.2 Å². The maximum absolute atomic E-state index is 12.0. The van der Waals surface area contributed by atoms with Crippen LogP contribution in [0.3, 0.4) is 0 Å². The summed E-state index contributed by atoms with van der Waals surface area (Å²) in [5.74, 6) is 0.160. The van der Waals surface area contributed by atoms with Crippen molar-refractivity contribution in [2.24, 2.45) is 5.41 Å². The van der Waals surface area contributed by atoms with Gasteiger partial charge in [-0.15, -0.1) is 0 Å². The van der Waals surface area contributed by atoms with Crippen molar-refractivity contribution in [2.75, 3.05) is 24.6 Å². The number of carbonyl (C=O) groups is 1. The maximum Gasteiger partial charge on any atom is 0.317 e. The van der Waals surface area contributed by atoms with Gasteiger partial charge >= 0.3 is 6.03 Å². The molecular formula is C13H26N2O3S. The highest BCUT2D eigenvalue weighted by Crippen LogP contribution is 2.21. The summed E-state index contributed by atoms with van der Waals surface area (Å²) in [7, 11) is -2.93. The zero-order chi connectivity index (χ0) is 14.7. The number of urea groups is 1. The average molecular weight is 290 g/mol. The summed E-state index contributed by atoms with van der Waals surface area (Å²) >= 11 is 0. The quantitative estimate of drug-likeness (QED) is 0.859. The second-order valence-corrected chi connectivity index (χ2v) is 8.89. The second-order valence-electron chi connectivity index (χ2n) is 6.59. The van der Waals surface area contributed by atoms with Gasteiger partial charge in [-0.3, -0.25) is 0 Å². The molecule has 0 spiro atoms. The van der Waals surface area contributed by atoms with Crippen molar-refractivity contribution in [3.05, 3.63) is 0 Å². The van der Waals surface area contributed by atoms with Gasteiger partial charge in [-0.1, -0.05) is 20.8 Å². The summed E-state index contributed by atoms with van der Waals surface area (Å²) in [4.78, 5) is 13.6. The van der Waals surface area contributed by atoms with E-state index in [2.05, 4.69) is 26.1 Å². The molecule has 1 heterocycles. The molecule has 0 unspecified atom stereocenters. The van der Waals surface area contributed by atoms with Crippen LogP contribution in [0.25, 0.3) is 0 Å². The molecule has 1 rings (SSSR count). The Bertz CT molecular complexity index is 398. The molecule has 2 amide bonds. The number of nitrogens with one attached hydrogen (secondary N) is 1. The lowest BCUT2D eigenvalue weighted by molar-refractivity contribution is 0.196. The van der Waals surface area contributed by atoms with Crippen molar-refractivity contribution in [1.82, 2.24) is 10.2 Å². The molecule has 0 aromatic heterocycles. The second kappa shape index (κ2) is 6.11. The van der Waals surface area contributed by atoms with Crippen LogP contribution in [0.15, 0.2) is 0 Å². The Hall–Kier alpha value is -0.780. The lowest BCUT2D eigenvalue weighted by Gasteiger charge is -2.29. The molecule has 1 aliphatic heterocycles. The van der Waals surface area contributed by atoms with Crippen molar-refractivity contribution in [3.63, 3.8) is 0 Å². The summed E-state index contributed by atoms with van der Waals surface area (Å²) in [6, 6.07) is -0.0263. The molecule has 6 heteroatoms. The highest BCUT2D eigenvalue weighted by atomic mass is 32.2. The van der Waals surface area contributed by atoms with Crippen LogP contribution < -0.4 is 5.32 Å². The molecule has 19 heavy (non-hydrogen) atoms. The average Bonchev–Trinajstić information content (AvgIpc) is 2.25. The first-order valence-corrected chi connectivity index (χ1v) is 8.67. The molecular weight excluding hydrogens is 264 g/mol. The zero-order valence-corrected chi connectivity index (χ0v) is 13.2. The van der Waals surface area contributed by atoms with E-state index in [1.54, 1.807) is 4.90 Å². The summed E-state index contributed by atoms with van der Waals surface area (Å²) in [5, 5.41) is 2.94. The molecule has 0 aliphatic carbocycles. The van der Waals surface area contributed by atoms with E-state index in [0.29, 0.717) is 13.1 Å². The van der Waals surface area contributed by atoms with Crippen LogP contribution in [-0.2, 0) is 9.84 Å². The molecule has 1 aliphatic rings. The van der Waals surface area contributed by atoms with Crippen LogP contribution in [0.5, 0.6) is 0 Å². The van der Waals surface area contributed by atoms with Crippen molar-refractivity contribution in [1.29, 1.82) is 0 Å². The number of hydrogen-bond acceptors (Lipinski definition) is 3. The minimum absolute atomic E-state index is 0.0802. The molecule has 0 bridgehead atoms. The van der Waals surface area contributed by atoms with Gasteiger partial charge in [0.25, 0.3) is 0 Å². The Morgan fingerprint density at radius 2 is 1.79 bits per heavy atom. The number of sulfone groups is 1. The van der Waals surface area contributed by atoms with Crippen molar-refractivity contribution < 1.29 is 13.2 Å². The van der Waals surface area contributed by atoms with Gasteiger partial charge in [-0.05, 0) is 25.2 Å². The lowest BCUT2D eigenvalue weighted by atomic mass is 9.89. The molecule has 1 atom stereocenters. The van der Waals surface area contributed by atoms with E-state index in [9.17, 15) is 13.2 Å². The Balaban J connectivity index is 2.35. The summed E-state index contributed by atoms with van der Waals surface area (Å²) in [6.45, 7) is 9.13. The van der Waals surface area contributed by atoms with Gasteiger partial charge in [-0.25, -0.2) is 13.2 Å². The highest BCUT2D eigenvalue weighted by molar-refractivity contribution is 7.91. The fraction of sp³-hybridized carbons (Fsp3) is 0.923. The van der Waals surface area contributed by atoms with Gasteiger partial charge in [0.05, 0.1) is 11.5 Å². The van der Waals surface area contributed by atoms with Gasteiger partial charge in [0.1, 0.15) is 0 Å². The summed E-state index contributed by atoms with van der Waals surface area (Å²) in [5.41, 5.74) is 0.262. The van der Waals surface area contributed by atoms with Gasteiger partial charge in [0.15, 0.2) is 9.84 Å². The highest BCUT2D eigenvalue weighted by Gasteiger charge is 2.25. The number of hydrogen-bond donors (Lipinski definition) is 1. The zero-order valence-electron chi connectivity index (χ0n) is 12.4. The maximum atomic E-state index is 12.0. The summed E-state index contributed by atoms with van der Waals surface area (Å²) in [6.07, 6.45) is 1.98. The first-order chi connectivity index (χ1) is 8.59. The Labute approximate surface area is 116 Å². The topological polar surface area (TPSA) is 66.5 Å². The van der Waals surface area contributed by atoms with Crippen LogP contribution in [0.1, 0.15) is 40.5 Å². The third kappa shape index (κ3) is 6.27. The van der Waals surface area contributed by atoms with Crippen LogP contribution in [0, 0.1) is 5.41 Å². The summed E-state index contributed by atoms with van der Waals surface area (Å²) < 4.78 is 22.6. The third-order valence-electron chi connectivity index (χ3n) is 3.33. The van der Waals surface area contributed by atoms with Gasteiger partial charge in [0, 0.05) is 19.1 Å². The number of amides is 2. The minimum atomic E-state index is -2.93. The third-order valence-corrected chi connectivity index (χ3v) is 4.94. The molecule has 0 aromatic carbocycles. The predicted molar refractivity (Wildman–Crippen MR) is 76.9 cm³/mol. The molecule has 0 radical (unpaired) electrons. The first kappa shape index (κ1) is 16.3. The predicted octanol–water partition coefficient (Wildman–Crippen LogP) is 1.64. The molecule has 1 fully saturated rings. The Morgan fingerprint density at radius 3 is 2.26 bits per heavy atom. The number of rotatable bonds is 3. The van der Waals surface area contributed by atoms with Crippen LogP contribution in [0.2, 0.25) is 0 Å². The van der Waals surface area contributed by atoms with E-state index in [1.165, 1.54) is 0 Å². The SMILES string of the molecule is C[C@@H](CCC(C)(C)C)NC(=O)N1CCS(=O)(=O)CC1. The van der Waals surface area contributed by atoms with Gasteiger partial charge in [0.2, 0.25) is 0 Å². The van der Waals surface area contributed by atoms with E-state index in [-0.39, 0.29) is 29.0 Å². The molecule has 5 nitrogen and oxygen atoms in total. The monoisotopic (exact) mass is 290 g/mol. The van der Waals surface area contributed by atoms with E-state index in [4.69, 9.17) is 0 Å². The smallest absolute Gasteiger partial charge is 0.317 e. The molecule has 1 N–H and O–H groups in total. The first-order valence-electron chi connectivity index (χ1n) is 6.85. The lowest BCUT2D eigenvalue weighted by Crippen LogP contribution is -2.50. The molecule has 1 saturated heterocycles. The normalized spacial score (nSPS) is 20.9. The van der Waals surface area contributed by atoms with Crippen molar-refractivity contribution >= 4 is 15.9 Å². The minimum Gasteiger partial charge on any atom is -0.336 e. The van der Waals surface area contributed by atoms with Crippen LogP contribution >= 0.6 is 0 Å². The fourth-order valence-electron chi connectivity index (χ4n) is 1.94. The standard InChI is InChI=1S/C13H26N2O3S/c1-11(5-6-13(2,3)4)14-12(16)15-7-9-19(17,18)10-8-15/h11H,5-10H2,1-4H3,(H,14,16)/t11-/m0/s1. The van der Waals surface area contributed by atoms with Crippen LogP contribution in [-0.4, -0.2) is 50.0 Å². The van der Waals surface area contributed by atoms with Crippen LogP contribution in [0.4, 0.5) is 4.79 Å². The van der Waals surface area contributed by atoms with Gasteiger partial charge in [-0.2, -0.15) is 0 Å². The fourth-order valence-corrected chi connectivity index (χ4v) is 3.14. The van der Waals surface area contributed by atoms with E-state index < -0.39 is 9.84 Å². The number of carbonyl (C=O) groups excluding carboxylic acids is 1. The molecule has 0 aromatic rings. The molecule has 112 valence electrons. The van der Waals surface area contributed by atoms with Crippen molar-refractivity contribution in [2.45, 2.75) is 46.6 Å². The van der Waals surface area contributed by atoms with E-state index >= 15 is 0 Å². The Morgan fingerprint density at radius 1 is 1.26 bits per heavy atom. The van der Waals surface area contributed by atoms with E-state index in [0.717, 1.165) is 12.8 Å². The largest absolute Gasteiger partial charge is 0.336 e. The van der Waals surface area contributed by atoms with Crippen molar-refractivity contribution in [3.8, 4) is 0 Å². The molecule has 0 saturated carbocycles. The number of nitrogens with zero attached hydrogens (tertiary/aromatic N) is 1. The Kier molecular flexibility index (Phi) is 5.24.